The summed E-state index contributed by atoms with van der Waals surface area (Å²) >= 11 is 0. The Morgan fingerprint density at radius 2 is 1.79 bits per heavy atom. The lowest BCUT2D eigenvalue weighted by atomic mass is 10.2. The molecular formula is C21H21F3N2O2. The standard InChI is InChI=1S/C21H21F3N2O2/c22-18-3-1-2-17(14-18)15-25-10-12-26(13-11-25)20(27)9-6-16-4-7-19(8-5-16)28-21(23)24/h1-9,14,21H,10-13,15H2/b9-6-. The van der Waals surface area contributed by atoms with E-state index >= 15 is 0 Å². The average Bonchev–Trinajstić information content (AvgIpc) is 2.67. The smallest absolute Gasteiger partial charge is 0.387 e. The van der Waals surface area contributed by atoms with Gasteiger partial charge < -0.3 is 9.64 Å². The van der Waals surface area contributed by atoms with Crippen LogP contribution in [0.15, 0.2) is 54.6 Å². The van der Waals surface area contributed by atoms with E-state index in [1.54, 1.807) is 29.2 Å². The lowest BCUT2D eigenvalue weighted by Crippen LogP contribution is -2.47. The number of ether oxygens (including phenoxy) is 1. The van der Waals surface area contributed by atoms with E-state index in [0.29, 0.717) is 19.6 Å². The number of nitrogens with zero attached hydrogens (tertiary/aromatic N) is 2. The van der Waals surface area contributed by atoms with Crippen LogP contribution in [0.3, 0.4) is 0 Å². The number of alkyl halides is 2. The number of carbonyl (C=O) groups excluding carboxylic acids is 1. The molecule has 0 spiro atoms. The molecule has 0 aromatic heterocycles. The van der Waals surface area contributed by atoms with E-state index in [4.69, 9.17) is 0 Å². The first kappa shape index (κ1) is 19.9. The van der Waals surface area contributed by atoms with Crippen LogP contribution in [0.25, 0.3) is 6.08 Å². The lowest BCUT2D eigenvalue weighted by molar-refractivity contribution is -0.127. The van der Waals surface area contributed by atoms with E-state index in [0.717, 1.165) is 24.2 Å². The van der Waals surface area contributed by atoms with Crippen molar-refractivity contribution in [1.82, 2.24) is 9.80 Å². The molecule has 2 aromatic rings. The summed E-state index contributed by atoms with van der Waals surface area (Å²) in [4.78, 5) is 16.3. The fourth-order valence-electron chi connectivity index (χ4n) is 3.05. The van der Waals surface area contributed by atoms with Gasteiger partial charge in [0.2, 0.25) is 5.91 Å². The summed E-state index contributed by atoms with van der Waals surface area (Å²) in [7, 11) is 0. The molecule has 0 atom stereocenters. The van der Waals surface area contributed by atoms with Crippen LogP contribution >= 0.6 is 0 Å². The second kappa shape index (κ2) is 9.41. The molecule has 148 valence electrons. The number of halogens is 3. The second-order valence-electron chi connectivity index (χ2n) is 6.51. The summed E-state index contributed by atoms with van der Waals surface area (Å²) < 4.78 is 41.8. The zero-order chi connectivity index (χ0) is 19.9. The number of benzene rings is 2. The van der Waals surface area contributed by atoms with Crippen LogP contribution in [-0.2, 0) is 11.3 Å². The van der Waals surface area contributed by atoms with Crippen LogP contribution in [-0.4, -0.2) is 48.5 Å². The predicted molar refractivity (Wildman–Crippen MR) is 100 cm³/mol. The van der Waals surface area contributed by atoms with Crippen LogP contribution in [0.2, 0.25) is 0 Å². The van der Waals surface area contributed by atoms with Gasteiger partial charge in [0.05, 0.1) is 0 Å². The molecule has 0 unspecified atom stereocenters. The van der Waals surface area contributed by atoms with Gasteiger partial charge in [0.25, 0.3) is 0 Å². The van der Waals surface area contributed by atoms with Gasteiger partial charge in [-0.3, -0.25) is 9.69 Å². The highest BCUT2D eigenvalue weighted by Crippen LogP contribution is 2.16. The van der Waals surface area contributed by atoms with Gasteiger partial charge in [0, 0.05) is 38.8 Å². The van der Waals surface area contributed by atoms with Crippen LogP contribution in [0, 0.1) is 5.82 Å². The monoisotopic (exact) mass is 390 g/mol. The summed E-state index contributed by atoms with van der Waals surface area (Å²) in [5.41, 5.74) is 1.64. The summed E-state index contributed by atoms with van der Waals surface area (Å²) in [6.07, 6.45) is 3.12. The Bertz CT molecular complexity index is 817. The van der Waals surface area contributed by atoms with Crippen molar-refractivity contribution in [3.8, 4) is 5.75 Å². The molecule has 1 heterocycles. The molecule has 7 heteroatoms. The maximum Gasteiger partial charge on any atom is 0.387 e. The van der Waals surface area contributed by atoms with Crippen molar-refractivity contribution in [2.24, 2.45) is 0 Å². The van der Waals surface area contributed by atoms with E-state index in [9.17, 15) is 18.0 Å². The average molecular weight is 390 g/mol. The van der Waals surface area contributed by atoms with Gasteiger partial charge >= 0.3 is 6.61 Å². The Morgan fingerprint density at radius 1 is 1.07 bits per heavy atom. The van der Waals surface area contributed by atoms with Gasteiger partial charge in [-0.15, -0.1) is 0 Å². The first-order chi connectivity index (χ1) is 13.5. The normalized spacial score (nSPS) is 15.4. The Hall–Kier alpha value is -2.80. The first-order valence-corrected chi connectivity index (χ1v) is 8.98. The Morgan fingerprint density at radius 3 is 2.43 bits per heavy atom. The van der Waals surface area contributed by atoms with Crippen LogP contribution in [0.1, 0.15) is 11.1 Å². The van der Waals surface area contributed by atoms with E-state index in [2.05, 4.69) is 9.64 Å². The molecule has 0 bridgehead atoms. The number of rotatable bonds is 6. The van der Waals surface area contributed by atoms with Gasteiger partial charge in [-0.05, 0) is 41.5 Å². The largest absolute Gasteiger partial charge is 0.435 e. The lowest BCUT2D eigenvalue weighted by Gasteiger charge is -2.34. The molecule has 0 N–H and O–H groups in total. The number of amides is 1. The van der Waals surface area contributed by atoms with Crippen LogP contribution < -0.4 is 4.74 Å². The third kappa shape index (κ3) is 5.85. The maximum absolute atomic E-state index is 13.3. The zero-order valence-corrected chi connectivity index (χ0v) is 15.2. The fourth-order valence-corrected chi connectivity index (χ4v) is 3.05. The highest BCUT2D eigenvalue weighted by molar-refractivity contribution is 5.91. The molecule has 1 saturated heterocycles. The van der Waals surface area contributed by atoms with Crippen LogP contribution in [0.4, 0.5) is 13.2 Å². The summed E-state index contributed by atoms with van der Waals surface area (Å²) in [6, 6.07) is 12.6. The van der Waals surface area contributed by atoms with Crippen molar-refractivity contribution in [2.75, 3.05) is 26.2 Å². The first-order valence-electron chi connectivity index (χ1n) is 8.98. The van der Waals surface area contributed by atoms with Gasteiger partial charge in [-0.25, -0.2) is 4.39 Å². The fraction of sp³-hybridized carbons (Fsp3) is 0.286. The Balaban J connectivity index is 1.47. The van der Waals surface area contributed by atoms with E-state index in [1.165, 1.54) is 30.3 Å². The summed E-state index contributed by atoms with van der Waals surface area (Å²) in [6.45, 7) is 0.426. The SMILES string of the molecule is O=C(/C=C\c1ccc(OC(F)F)cc1)N1CCN(Cc2cccc(F)c2)CC1. The minimum Gasteiger partial charge on any atom is -0.435 e. The van der Waals surface area contributed by atoms with E-state index in [-0.39, 0.29) is 17.5 Å². The molecule has 0 radical (unpaired) electrons. The van der Waals surface area contributed by atoms with Crippen molar-refractivity contribution in [1.29, 1.82) is 0 Å². The van der Waals surface area contributed by atoms with Gasteiger partial charge in [0.15, 0.2) is 0 Å². The zero-order valence-electron chi connectivity index (χ0n) is 15.2. The highest BCUT2D eigenvalue weighted by Gasteiger charge is 2.19. The minimum atomic E-state index is -2.86. The summed E-state index contributed by atoms with van der Waals surface area (Å²) in [5.74, 6) is -0.267. The third-order valence-electron chi connectivity index (χ3n) is 4.50. The van der Waals surface area contributed by atoms with Crippen molar-refractivity contribution in [3.05, 3.63) is 71.6 Å². The third-order valence-corrected chi connectivity index (χ3v) is 4.50. The molecule has 1 aliphatic rings. The van der Waals surface area contributed by atoms with Crippen molar-refractivity contribution in [3.63, 3.8) is 0 Å². The van der Waals surface area contributed by atoms with Gasteiger partial charge in [-0.1, -0.05) is 24.3 Å². The molecule has 28 heavy (non-hydrogen) atoms. The predicted octanol–water partition coefficient (Wildman–Crippen LogP) is 3.78. The topological polar surface area (TPSA) is 32.8 Å². The number of hydrogen-bond acceptors (Lipinski definition) is 3. The van der Waals surface area contributed by atoms with Crippen molar-refractivity contribution in [2.45, 2.75) is 13.2 Å². The van der Waals surface area contributed by atoms with Gasteiger partial charge in [0.1, 0.15) is 11.6 Å². The molecule has 3 rings (SSSR count). The minimum absolute atomic E-state index is 0.0768. The molecular weight excluding hydrogens is 369 g/mol. The van der Waals surface area contributed by atoms with Gasteiger partial charge in [-0.2, -0.15) is 8.78 Å². The highest BCUT2D eigenvalue weighted by atomic mass is 19.3. The Kier molecular flexibility index (Phi) is 6.71. The quantitative estimate of drug-likeness (QED) is 0.704. The molecule has 0 aliphatic carbocycles. The van der Waals surface area contributed by atoms with Crippen molar-refractivity contribution >= 4 is 12.0 Å². The number of carbonyl (C=O) groups is 1. The second-order valence-corrected chi connectivity index (χ2v) is 6.51. The molecule has 1 fully saturated rings. The van der Waals surface area contributed by atoms with Crippen LogP contribution in [0.5, 0.6) is 5.75 Å². The number of hydrogen-bond donors (Lipinski definition) is 0. The molecule has 0 saturated carbocycles. The summed E-state index contributed by atoms with van der Waals surface area (Å²) in [5, 5.41) is 0. The van der Waals surface area contributed by atoms with Crippen molar-refractivity contribution < 1.29 is 22.7 Å². The molecule has 4 nitrogen and oxygen atoms in total. The van der Waals surface area contributed by atoms with E-state index < -0.39 is 6.61 Å². The molecule has 1 aliphatic heterocycles. The number of piperazine rings is 1. The Labute approximate surface area is 161 Å². The van der Waals surface area contributed by atoms with E-state index in [1.807, 2.05) is 6.07 Å². The molecule has 2 aromatic carbocycles. The maximum atomic E-state index is 13.3. The molecule has 1 amide bonds.